The summed E-state index contributed by atoms with van der Waals surface area (Å²) in [6.07, 6.45) is 0. The Bertz CT molecular complexity index is 539. The van der Waals surface area contributed by atoms with Gasteiger partial charge in [-0.15, -0.1) is 23.1 Å². The van der Waals surface area contributed by atoms with Crippen molar-refractivity contribution in [2.24, 2.45) is 5.84 Å². The van der Waals surface area contributed by atoms with Crippen molar-refractivity contribution in [2.45, 2.75) is 10.6 Å². The summed E-state index contributed by atoms with van der Waals surface area (Å²) in [6.45, 7) is 0. The second kappa shape index (κ2) is 6.38. The molecule has 1 amide bonds. The largest absolute Gasteiger partial charge is 0.289 e. The Balaban J connectivity index is 2.04. The van der Waals surface area contributed by atoms with Gasteiger partial charge in [-0.3, -0.25) is 10.2 Å². The Labute approximate surface area is 122 Å². The molecule has 18 heavy (non-hydrogen) atoms. The van der Waals surface area contributed by atoms with Crippen LogP contribution in [0.15, 0.2) is 45.1 Å². The molecule has 6 heteroatoms. The van der Waals surface area contributed by atoms with Crippen LogP contribution in [-0.2, 0) is 5.75 Å². The molecular weight excluding hydrogens is 332 g/mol. The maximum absolute atomic E-state index is 11.5. The van der Waals surface area contributed by atoms with Gasteiger partial charge in [0.1, 0.15) is 0 Å². The number of thioether (sulfide) groups is 1. The van der Waals surface area contributed by atoms with E-state index in [1.807, 2.05) is 35.7 Å². The van der Waals surface area contributed by atoms with Crippen molar-refractivity contribution in [1.82, 2.24) is 5.43 Å². The van der Waals surface area contributed by atoms with Gasteiger partial charge in [0, 0.05) is 15.1 Å². The fourth-order valence-electron chi connectivity index (χ4n) is 1.41. The second-order valence-corrected chi connectivity index (χ2v) is 6.37. The van der Waals surface area contributed by atoms with Crippen LogP contribution in [0.2, 0.25) is 0 Å². The van der Waals surface area contributed by atoms with E-state index in [0.717, 1.165) is 15.8 Å². The third kappa shape index (κ3) is 3.35. The molecule has 3 N–H and O–H groups in total. The number of thiophene rings is 1. The highest BCUT2D eigenvalue weighted by atomic mass is 79.9. The van der Waals surface area contributed by atoms with Crippen LogP contribution >= 0.6 is 39.0 Å². The van der Waals surface area contributed by atoms with Crippen LogP contribution in [0.4, 0.5) is 0 Å². The van der Waals surface area contributed by atoms with E-state index in [4.69, 9.17) is 5.84 Å². The fraction of sp³-hybridized carbons (Fsp3) is 0.0833. The van der Waals surface area contributed by atoms with Gasteiger partial charge >= 0.3 is 0 Å². The molecule has 2 rings (SSSR count). The molecule has 0 aliphatic carbocycles. The van der Waals surface area contributed by atoms with Crippen molar-refractivity contribution < 1.29 is 4.79 Å². The highest BCUT2D eigenvalue weighted by Gasteiger charge is 2.11. The van der Waals surface area contributed by atoms with Gasteiger partial charge in [-0.05, 0) is 41.3 Å². The predicted octanol–water partition coefficient (Wildman–Crippen LogP) is 3.41. The van der Waals surface area contributed by atoms with Gasteiger partial charge in [-0.1, -0.05) is 15.9 Å². The van der Waals surface area contributed by atoms with E-state index in [2.05, 4.69) is 21.4 Å². The number of hydrazine groups is 1. The molecule has 0 atom stereocenters. The van der Waals surface area contributed by atoms with Crippen LogP contribution in [0, 0.1) is 0 Å². The first kappa shape index (κ1) is 13.6. The molecule has 1 heterocycles. The van der Waals surface area contributed by atoms with E-state index in [1.165, 1.54) is 16.2 Å². The van der Waals surface area contributed by atoms with E-state index in [9.17, 15) is 4.79 Å². The lowest BCUT2D eigenvalue weighted by atomic mass is 10.3. The van der Waals surface area contributed by atoms with Crippen LogP contribution in [0.1, 0.15) is 15.2 Å². The Kier molecular flexibility index (Phi) is 4.82. The Morgan fingerprint density at radius 1 is 1.33 bits per heavy atom. The molecule has 3 nitrogen and oxygen atoms in total. The summed E-state index contributed by atoms with van der Waals surface area (Å²) in [5.41, 5.74) is 3.18. The lowest BCUT2D eigenvalue weighted by molar-refractivity contribution is 0.0957. The van der Waals surface area contributed by atoms with Crippen molar-refractivity contribution in [3.8, 4) is 0 Å². The molecule has 1 aromatic carbocycles. The number of nitrogens with one attached hydrogen (secondary N) is 1. The molecule has 0 unspecified atom stereocenters. The Hall–Kier alpha value is -0.820. The topological polar surface area (TPSA) is 55.1 Å². The number of rotatable bonds is 4. The van der Waals surface area contributed by atoms with Crippen LogP contribution < -0.4 is 11.3 Å². The maximum Gasteiger partial charge on any atom is 0.275 e. The monoisotopic (exact) mass is 342 g/mol. The first-order valence-electron chi connectivity index (χ1n) is 5.16. The number of hydrogen-bond donors (Lipinski definition) is 2. The van der Waals surface area contributed by atoms with Crippen molar-refractivity contribution in [3.63, 3.8) is 0 Å². The smallest absolute Gasteiger partial charge is 0.275 e. The van der Waals surface area contributed by atoms with E-state index in [0.29, 0.717) is 4.88 Å². The van der Waals surface area contributed by atoms with Gasteiger partial charge < -0.3 is 0 Å². The normalized spacial score (nSPS) is 10.3. The van der Waals surface area contributed by atoms with Crippen molar-refractivity contribution >= 4 is 44.9 Å². The quantitative estimate of drug-likeness (QED) is 0.387. The minimum atomic E-state index is -0.226. The number of carbonyl (C=O) groups excluding carboxylic acids is 1. The van der Waals surface area contributed by atoms with Gasteiger partial charge in [0.25, 0.3) is 5.91 Å². The van der Waals surface area contributed by atoms with Gasteiger partial charge in [0.05, 0.1) is 4.88 Å². The summed E-state index contributed by atoms with van der Waals surface area (Å²) in [5.74, 6) is 5.68. The van der Waals surface area contributed by atoms with Crippen molar-refractivity contribution in [3.05, 3.63) is 50.6 Å². The minimum Gasteiger partial charge on any atom is -0.289 e. The maximum atomic E-state index is 11.5. The molecule has 0 saturated heterocycles. The summed E-state index contributed by atoms with van der Waals surface area (Å²) in [6, 6.07) is 10.1. The van der Waals surface area contributed by atoms with E-state index in [1.54, 1.807) is 11.8 Å². The summed E-state index contributed by atoms with van der Waals surface area (Å²) in [7, 11) is 0. The summed E-state index contributed by atoms with van der Waals surface area (Å²) in [5, 5.41) is 1.90. The van der Waals surface area contributed by atoms with E-state index < -0.39 is 0 Å². The van der Waals surface area contributed by atoms with Gasteiger partial charge in [0.2, 0.25) is 0 Å². The SMILES string of the molecule is NNC(=O)c1sccc1CSc1ccc(Br)cc1. The van der Waals surface area contributed by atoms with Gasteiger partial charge in [-0.25, -0.2) is 5.84 Å². The molecule has 0 spiro atoms. The predicted molar refractivity (Wildman–Crippen MR) is 79.7 cm³/mol. The standard InChI is InChI=1S/C12H11BrN2OS2/c13-9-1-3-10(4-2-9)18-7-8-5-6-17-11(8)12(16)15-14/h1-6H,7,14H2,(H,15,16). The molecule has 0 radical (unpaired) electrons. The number of nitrogen functional groups attached to an aromatic ring is 1. The van der Waals surface area contributed by atoms with Crippen LogP contribution in [0.5, 0.6) is 0 Å². The van der Waals surface area contributed by atoms with E-state index >= 15 is 0 Å². The number of nitrogens with two attached hydrogens (primary N) is 1. The molecular formula is C12H11BrN2OS2. The average molecular weight is 343 g/mol. The van der Waals surface area contributed by atoms with Crippen LogP contribution in [0.3, 0.4) is 0 Å². The minimum absolute atomic E-state index is 0.226. The highest BCUT2D eigenvalue weighted by Crippen LogP contribution is 2.27. The highest BCUT2D eigenvalue weighted by molar-refractivity contribution is 9.10. The number of benzene rings is 1. The average Bonchev–Trinajstić information content (AvgIpc) is 2.85. The van der Waals surface area contributed by atoms with Crippen molar-refractivity contribution in [2.75, 3.05) is 0 Å². The van der Waals surface area contributed by atoms with E-state index in [-0.39, 0.29) is 5.91 Å². The molecule has 94 valence electrons. The molecule has 0 fully saturated rings. The second-order valence-electron chi connectivity index (χ2n) is 3.49. The number of halogens is 1. The molecule has 0 saturated carbocycles. The molecule has 2 aromatic rings. The zero-order valence-electron chi connectivity index (χ0n) is 9.35. The molecule has 1 aromatic heterocycles. The first-order valence-corrected chi connectivity index (χ1v) is 7.82. The zero-order chi connectivity index (χ0) is 13.0. The van der Waals surface area contributed by atoms with Crippen LogP contribution in [0.25, 0.3) is 0 Å². The third-order valence-electron chi connectivity index (χ3n) is 2.29. The first-order chi connectivity index (χ1) is 8.70. The molecule has 0 bridgehead atoms. The lowest BCUT2D eigenvalue weighted by Crippen LogP contribution is -2.29. The zero-order valence-corrected chi connectivity index (χ0v) is 12.6. The summed E-state index contributed by atoms with van der Waals surface area (Å²) >= 11 is 6.50. The number of carbonyl (C=O) groups is 1. The lowest BCUT2D eigenvalue weighted by Gasteiger charge is -2.03. The number of hydrogen-bond acceptors (Lipinski definition) is 4. The Morgan fingerprint density at radius 2 is 2.06 bits per heavy atom. The number of amides is 1. The summed E-state index contributed by atoms with van der Waals surface area (Å²) < 4.78 is 1.06. The van der Waals surface area contributed by atoms with Gasteiger partial charge in [-0.2, -0.15) is 0 Å². The fourth-order valence-corrected chi connectivity index (χ4v) is 3.48. The Morgan fingerprint density at radius 3 is 2.72 bits per heavy atom. The van der Waals surface area contributed by atoms with Gasteiger partial charge in [0.15, 0.2) is 0 Å². The summed E-state index contributed by atoms with van der Waals surface area (Å²) in [4.78, 5) is 13.4. The molecule has 0 aliphatic rings. The van der Waals surface area contributed by atoms with Crippen molar-refractivity contribution in [1.29, 1.82) is 0 Å². The molecule has 0 aliphatic heterocycles. The third-order valence-corrected chi connectivity index (χ3v) is 4.84. The van der Waals surface area contributed by atoms with Crippen LogP contribution in [-0.4, -0.2) is 5.91 Å².